The molecule has 0 fully saturated rings. The molecular weight excluding hydrogens is 459 g/mol. The van der Waals surface area contributed by atoms with E-state index in [-0.39, 0.29) is 36.6 Å². The molecule has 2 heterocycles. The lowest BCUT2D eigenvalue weighted by Gasteiger charge is -2.24. The zero-order valence-corrected chi connectivity index (χ0v) is 19.0. The summed E-state index contributed by atoms with van der Waals surface area (Å²) in [4.78, 5) is 6.60. The van der Waals surface area contributed by atoms with Crippen LogP contribution in [-0.4, -0.2) is 49.7 Å². The number of aliphatic hydroxyl groups is 1. The molecule has 2 aromatic rings. The summed E-state index contributed by atoms with van der Waals surface area (Å²) in [6, 6.07) is 7.53. The number of rotatable bonds is 8. The first-order chi connectivity index (χ1) is 12.3. The van der Waals surface area contributed by atoms with Crippen LogP contribution in [0.15, 0.2) is 44.4 Å². The molecule has 2 atom stereocenters. The van der Waals surface area contributed by atoms with E-state index in [1.165, 1.54) is 0 Å². The SMILES string of the molecule is CCNC(=NCC(C)(O)c1ccc(C)o1)NCC(c1ccco1)N(C)C.I. The molecule has 0 aliphatic rings. The number of guanidine groups is 1. The second kappa shape index (κ2) is 10.7. The Morgan fingerprint density at radius 3 is 2.56 bits per heavy atom. The van der Waals surface area contributed by atoms with E-state index < -0.39 is 5.60 Å². The lowest BCUT2D eigenvalue weighted by molar-refractivity contribution is 0.0428. The van der Waals surface area contributed by atoms with Crippen molar-refractivity contribution in [2.45, 2.75) is 32.4 Å². The largest absolute Gasteiger partial charge is 0.468 e. The predicted octanol–water partition coefficient (Wildman–Crippen LogP) is 2.86. The van der Waals surface area contributed by atoms with Crippen molar-refractivity contribution in [2.75, 3.05) is 33.7 Å². The van der Waals surface area contributed by atoms with Gasteiger partial charge in [-0.1, -0.05) is 0 Å². The molecule has 0 aliphatic carbocycles. The molecule has 27 heavy (non-hydrogen) atoms. The summed E-state index contributed by atoms with van der Waals surface area (Å²) in [5.74, 6) is 2.80. The summed E-state index contributed by atoms with van der Waals surface area (Å²) in [6.45, 7) is 7.08. The summed E-state index contributed by atoms with van der Waals surface area (Å²) < 4.78 is 11.1. The highest BCUT2D eigenvalue weighted by Crippen LogP contribution is 2.23. The topological polar surface area (TPSA) is 86.2 Å². The van der Waals surface area contributed by atoms with Crippen LogP contribution in [0.4, 0.5) is 0 Å². The van der Waals surface area contributed by atoms with E-state index in [2.05, 4.69) is 20.5 Å². The smallest absolute Gasteiger partial charge is 0.191 e. The van der Waals surface area contributed by atoms with Gasteiger partial charge < -0.3 is 24.6 Å². The molecule has 0 spiro atoms. The van der Waals surface area contributed by atoms with Gasteiger partial charge in [0.05, 0.1) is 18.8 Å². The van der Waals surface area contributed by atoms with Gasteiger partial charge in [0.2, 0.25) is 0 Å². The molecule has 0 saturated carbocycles. The van der Waals surface area contributed by atoms with E-state index in [9.17, 15) is 5.11 Å². The maximum Gasteiger partial charge on any atom is 0.191 e. The number of furan rings is 2. The lowest BCUT2D eigenvalue weighted by atomic mass is 10.0. The monoisotopic (exact) mass is 490 g/mol. The van der Waals surface area contributed by atoms with Crippen molar-refractivity contribution < 1.29 is 13.9 Å². The second-order valence-corrected chi connectivity index (χ2v) is 6.76. The standard InChI is InChI=1S/C19H30N4O3.HI/c1-6-20-18(21-12-15(23(4)5)16-8-7-11-25-16)22-13-19(3,24)17-10-9-14(2)26-17;/h7-11,15,24H,6,12-13H2,1-5H3,(H2,20,21,22);1H. The van der Waals surface area contributed by atoms with Gasteiger partial charge in [0.25, 0.3) is 0 Å². The molecule has 0 radical (unpaired) electrons. The van der Waals surface area contributed by atoms with Crippen LogP contribution in [-0.2, 0) is 5.60 Å². The molecular formula is C19H31IN4O3. The Morgan fingerprint density at radius 1 is 1.30 bits per heavy atom. The van der Waals surface area contributed by atoms with E-state index in [1.54, 1.807) is 19.3 Å². The molecule has 2 rings (SSSR count). The fraction of sp³-hybridized carbons (Fsp3) is 0.526. The highest BCUT2D eigenvalue weighted by atomic mass is 127. The van der Waals surface area contributed by atoms with E-state index in [0.717, 1.165) is 18.1 Å². The van der Waals surface area contributed by atoms with Crippen molar-refractivity contribution in [2.24, 2.45) is 4.99 Å². The Morgan fingerprint density at radius 2 is 2.04 bits per heavy atom. The third kappa shape index (κ3) is 6.86. The minimum atomic E-state index is -1.17. The molecule has 8 heteroatoms. The highest BCUT2D eigenvalue weighted by Gasteiger charge is 2.27. The average molecular weight is 490 g/mol. The van der Waals surface area contributed by atoms with Gasteiger partial charge in [-0.25, -0.2) is 4.99 Å². The Hall–Kier alpha value is -1.52. The van der Waals surface area contributed by atoms with E-state index in [0.29, 0.717) is 18.3 Å². The van der Waals surface area contributed by atoms with Crippen LogP contribution in [0.5, 0.6) is 0 Å². The summed E-state index contributed by atoms with van der Waals surface area (Å²) in [5.41, 5.74) is -1.17. The number of nitrogens with zero attached hydrogens (tertiary/aromatic N) is 2. The fourth-order valence-electron chi connectivity index (χ4n) is 2.59. The summed E-state index contributed by atoms with van der Waals surface area (Å²) in [5, 5.41) is 17.2. The number of nitrogens with one attached hydrogen (secondary N) is 2. The Kier molecular flexibility index (Phi) is 9.34. The minimum Gasteiger partial charge on any atom is -0.468 e. The number of halogens is 1. The normalized spacial score (nSPS) is 15.1. The highest BCUT2D eigenvalue weighted by molar-refractivity contribution is 14.0. The van der Waals surface area contributed by atoms with Gasteiger partial charge in [-0.2, -0.15) is 0 Å². The van der Waals surface area contributed by atoms with Crippen LogP contribution in [0.3, 0.4) is 0 Å². The van der Waals surface area contributed by atoms with Crippen molar-refractivity contribution in [3.63, 3.8) is 0 Å². The summed E-state index contributed by atoms with van der Waals surface area (Å²) in [7, 11) is 4.01. The third-order valence-electron chi connectivity index (χ3n) is 4.12. The maximum absolute atomic E-state index is 10.7. The van der Waals surface area contributed by atoms with Crippen molar-refractivity contribution >= 4 is 29.9 Å². The van der Waals surface area contributed by atoms with Gasteiger partial charge in [-0.3, -0.25) is 4.90 Å². The first kappa shape index (κ1) is 23.5. The first-order valence-corrected chi connectivity index (χ1v) is 8.84. The van der Waals surface area contributed by atoms with Gasteiger partial charge in [-0.15, -0.1) is 24.0 Å². The van der Waals surface area contributed by atoms with Crippen LogP contribution < -0.4 is 10.6 Å². The van der Waals surface area contributed by atoms with Gasteiger partial charge in [-0.05, 0) is 59.1 Å². The van der Waals surface area contributed by atoms with Gasteiger partial charge in [0, 0.05) is 13.1 Å². The molecule has 0 bridgehead atoms. The number of likely N-dealkylation sites (N-methyl/N-ethyl adjacent to an activating group) is 1. The van der Waals surface area contributed by atoms with Gasteiger partial charge >= 0.3 is 0 Å². The number of hydrogen-bond donors (Lipinski definition) is 3. The van der Waals surface area contributed by atoms with E-state index in [1.807, 2.05) is 46.1 Å². The molecule has 7 nitrogen and oxygen atoms in total. The third-order valence-corrected chi connectivity index (χ3v) is 4.12. The first-order valence-electron chi connectivity index (χ1n) is 8.84. The van der Waals surface area contributed by atoms with Crippen LogP contribution in [0.2, 0.25) is 0 Å². The lowest BCUT2D eigenvalue weighted by Crippen LogP contribution is -2.42. The maximum atomic E-state index is 10.7. The molecule has 0 aromatic carbocycles. The summed E-state index contributed by atoms with van der Waals surface area (Å²) in [6.07, 6.45) is 1.67. The Balaban J connectivity index is 0.00000364. The van der Waals surface area contributed by atoms with E-state index in [4.69, 9.17) is 8.83 Å². The Labute approximate surface area is 178 Å². The molecule has 0 saturated heterocycles. The number of aliphatic imine (C=N–C) groups is 1. The van der Waals surface area contributed by atoms with Crippen LogP contribution in [0, 0.1) is 6.92 Å². The Bertz CT molecular complexity index is 696. The zero-order chi connectivity index (χ0) is 19.2. The summed E-state index contributed by atoms with van der Waals surface area (Å²) >= 11 is 0. The van der Waals surface area contributed by atoms with Gasteiger partial charge in [0.15, 0.2) is 5.96 Å². The van der Waals surface area contributed by atoms with Crippen LogP contribution in [0.1, 0.15) is 37.2 Å². The molecule has 152 valence electrons. The van der Waals surface area contributed by atoms with Crippen molar-refractivity contribution in [3.05, 3.63) is 47.8 Å². The molecule has 0 aliphatic heterocycles. The zero-order valence-electron chi connectivity index (χ0n) is 16.7. The van der Waals surface area contributed by atoms with Gasteiger partial charge in [0.1, 0.15) is 22.9 Å². The van der Waals surface area contributed by atoms with Crippen LogP contribution in [0.25, 0.3) is 0 Å². The predicted molar refractivity (Wildman–Crippen MR) is 118 cm³/mol. The van der Waals surface area contributed by atoms with E-state index >= 15 is 0 Å². The van der Waals surface area contributed by atoms with Crippen molar-refractivity contribution in [1.29, 1.82) is 0 Å². The quantitative estimate of drug-likeness (QED) is 0.300. The number of hydrogen-bond acceptors (Lipinski definition) is 5. The number of aryl methyl sites for hydroxylation is 1. The molecule has 0 amide bonds. The second-order valence-electron chi connectivity index (χ2n) is 6.76. The molecule has 2 unspecified atom stereocenters. The van der Waals surface area contributed by atoms with Crippen molar-refractivity contribution in [1.82, 2.24) is 15.5 Å². The molecule has 3 N–H and O–H groups in total. The average Bonchev–Trinajstić information content (AvgIpc) is 3.24. The minimum absolute atomic E-state index is 0. The van der Waals surface area contributed by atoms with Crippen molar-refractivity contribution in [3.8, 4) is 0 Å². The fourth-order valence-corrected chi connectivity index (χ4v) is 2.59. The van der Waals surface area contributed by atoms with Crippen LogP contribution >= 0.6 is 24.0 Å². The molecule has 2 aromatic heterocycles.